The van der Waals surface area contributed by atoms with Gasteiger partial charge in [-0.25, -0.2) is 9.98 Å². The molecule has 0 radical (unpaired) electrons. The van der Waals surface area contributed by atoms with Crippen molar-refractivity contribution in [2.24, 2.45) is 33.0 Å². The molecule has 0 saturated heterocycles. The van der Waals surface area contributed by atoms with Crippen LogP contribution in [-0.4, -0.2) is 46.7 Å². The normalized spacial score (nSPS) is 23.6. The predicted octanol–water partition coefficient (Wildman–Crippen LogP) is 2.76. The van der Waals surface area contributed by atoms with Crippen LogP contribution in [0.2, 0.25) is 0 Å². The minimum Gasteiger partial charge on any atom is -0.370 e. The van der Waals surface area contributed by atoms with Gasteiger partial charge in [-0.1, -0.05) is 24.3 Å². The van der Waals surface area contributed by atoms with Gasteiger partial charge >= 0.3 is 0 Å². The van der Waals surface area contributed by atoms with E-state index in [2.05, 4.69) is 26.7 Å². The summed E-state index contributed by atoms with van der Waals surface area (Å²) in [7, 11) is 0. The first-order chi connectivity index (χ1) is 19.2. The van der Waals surface area contributed by atoms with Crippen molar-refractivity contribution in [1.82, 2.24) is 9.88 Å². The number of carbonyl (C=O) groups is 2. The van der Waals surface area contributed by atoms with Gasteiger partial charge in [0.25, 0.3) is 0 Å². The zero-order valence-corrected chi connectivity index (χ0v) is 22.6. The smallest absolute Gasteiger partial charge is 0.231 e. The van der Waals surface area contributed by atoms with Crippen molar-refractivity contribution in [3.05, 3.63) is 59.8 Å². The molecule has 3 saturated carbocycles. The van der Waals surface area contributed by atoms with Crippen LogP contribution in [0.3, 0.4) is 0 Å². The van der Waals surface area contributed by atoms with Gasteiger partial charge in [0, 0.05) is 35.8 Å². The quantitative estimate of drug-likeness (QED) is 0.229. The van der Waals surface area contributed by atoms with Crippen LogP contribution in [0.4, 0.5) is 11.5 Å². The number of hydrogen-bond acceptors (Lipinski definition) is 5. The Bertz CT molecular complexity index is 1320. The lowest BCUT2D eigenvalue weighted by atomic mass is 9.53. The molecule has 0 atom stereocenters. The summed E-state index contributed by atoms with van der Waals surface area (Å²) in [6.45, 7) is 1.70. The second kappa shape index (κ2) is 11.0. The Kier molecular flexibility index (Phi) is 7.46. The van der Waals surface area contributed by atoms with E-state index in [1.54, 1.807) is 12.3 Å². The predicted molar refractivity (Wildman–Crippen MR) is 156 cm³/mol. The Morgan fingerprint density at radius 1 is 0.925 bits per heavy atom. The Morgan fingerprint density at radius 3 is 2.05 bits per heavy atom. The maximum absolute atomic E-state index is 13.4. The van der Waals surface area contributed by atoms with Crippen LogP contribution >= 0.6 is 0 Å². The Morgan fingerprint density at radius 2 is 1.55 bits per heavy atom. The number of nitrogens with two attached hydrogens (primary N) is 3. The molecule has 11 nitrogen and oxygen atoms in total. The molecule has 0 unspecified atom stereocenters. The van der Waals surface area contributed by atoms with Crippen molar-refractivity contribution in [2.45, 2.75) is 51.5 Å². The number of rotatable bonds is 7. The van der Waals surface area contributed by atoms with Crippen LogP contribution in [-0.2, 0) is 16.1 Å². The van der Waals surface area contributed by atoms with Gasteiger partial charge in [0.1, 0.15) is 5.82 Å². The van der Waals surface area contributed by atoms with Gasteiger partial charge < -0.3 is 32.7 Å². The first-order valence-electron chi connectivity index (χ1n) is 13.7. The second-order valence-electron chi connectivity index (χ2n) is 11.1. The van der Waals surface area contributed by atoms with Gasteiger partial charge in [0.2, 0.25) is 11.8 Å². The van der Waals surface area contributed by atoms with E-state index >= 15 is 0 Å². The van der Waals surface area contributed by atoms with Crippen LogP contribution < -0.4 is 27.8 Å². The van der Waals surface area contributed by atoms with Crippen molar-refractivity contribution in [2.75, 3.05) is 23.7 Å². The number of aliphatic imine (C=N–C) groups is 1. The molecule has 3 aliphatic carbocycles. The SMILES string of the molecule is N=C(N)N1CC=C(c2ccc(NC(=O)C34CCC(C(=O)Nc5ccc(CN=C(N)N)cn5)(CC3)CC4)cc2)CC1. The van der Waals surface area contributed by atoms with Gasteiger partial charge in [-0.3, -0.25) is 15.0 Å². The van der Waals surface area contributed by atoms with Crippen molar-refractivity contribution in [3.8, 4) is 0 Å². The molecule has 40 heavy (non-hydrogen) atoms. The lowest BCUT2D eigenvalue weighted by Crippen LogP contribution is -2.52. The summed E-state index contributed by atoms with van der Waals surface area (Å²) in [5, 5.41) is 13.7. The highest BCUT2D eigenvalue weighted by atomic mass is 16.2. The highest BCUT2D eigenvalue weighted by Crippen LogP contribution is 2.57. The highest BCUT2D eigenvalue weighted by Gasteiger charge is 2.55. The van der Waals surface area contributed by atoms with Gasteiger partial charge in [-0.05, 0) is 79.8 Å². The number of guanidine groups is 2. The zero-order valence-electron chi connectivity index (χ0n) is 22.6. The number of fused-ring (bicyclic) bond motifs is 3. The lowest BCUT2D eigenvalue weighted by molar-refractivity contribution is -0.144. The Balaban J connectivity index is 1.15. The molecular formula is C29H37N9O2. The van der Waals surface area contributed by atoms with Crippen molar-refractivity contribution in [1.29, 1.82) is 5.41 Å². The van der Waals surface area contributed by atoms with E-state index in [9.17, 15) is 9.59 Å². The fraction of sp³-hybridized carbons (Fsp3) is 0.414. The van der Waals surface area contributed by atoms with E-state index in [-0.39, 0.29) is 23.7 Å². The number of nitrogens with one attached hydrogen (secondary N) is 3. The van der Waals surface area contributed by atoms with Gasteiger partial charge in [0.15, 0.2) is 11.9 Å². The summed E-state index contributed by atoms with van der Waals surface area (Å²) in [4.78, 5) is 36.9. The number of aromatic nitrogens is 1. The third-order valence-electron chi connectivity index (χ3n) is 8.78. The molecule has 2 heterocycles. The summed E-state index contributed by atoms with van der Waals surface area (Å²) in [6, 6.07) is 11.5. The molecule has 9 N–H and O–H groups in total. The van der Waals surface area contributed by atoms with Gasteiger partial charge in [-0.2, -0.15) is 0 Å². The maximum Gasteiger partial charge on any atom is 0.231 e. The molecule has 1 aromatic heterocycles. The number of benzene rings is 1. The second-order valence-corrected chi connectivity index (χ2v) is 11.1. The number of hydrogen-bond donors (Lipinski definition) is 6. The lowest BCUT2D eigenvalue weighted by Gasteiger charge is -2.51. The third-order valence-corrected chi connectivity index (χ3v) is 8.78. The molecule has 3 fully saturated rings. The van der Waals surface area contributed by atoms with E-state index in [0.29, 0.717) is 57.4 Å². The zero-order chi connectivity index (χ0) is 28.3. The summed E-state index contributed by atoms with van der Waals surface area (Å²) < 4.78 is 0. The van der Waals surface area contributed by atoms with Gasteiger partial charge in [0.05, 0.1) is 6.54 Å². The highest BCUT2D eigenvalue weighted by molar-refractivity contribution is 5.98. The number of nitrogens with zero attached hydrogens (tertiary/aromatic N) is 3. The van der Waals surface area contributed by atoms with Crippen LogP contribution in [0.15, 0.2) is 53.7 Å². The molecule has 6 rings (SSSR count). The van der Waals surface area contributed by atoms with Crippen molar-refractivity contribution >= 4 is 40.8 Å². The van der Waals surface area contributed by atoms with Crippen LogP contribution in [0.1, 0.15) is 56.1 Å². The Hall–Kier alpha value is -4.41. The van der Waals surface area contributed by atoms with Crippen LogP contribution in [0, 0.1) is 16.2 Å². The van der Waals surface area contributed by atoms with E-state index in [0.717, 1.165) is 29.8 Å². The topological polar surface area (TPSA) is 189 Å². The molecule has 11 heteroatoms. The first-order valence-corrected chi connectivity index (χ1v) is 13.7. The fourth-order valence-corrected chi connectivity index (χ4v) is 6.07. The summed E-state index contributed by atoms with van der Waals surface area (Å²) in [5.74, 6) is 0.632. The van der Waals surface area contributed by atoms with Crippen molar-refractivity contribution < 1.29 is 9.59 Å². The minimum atomic E-state index is -0.464. The number of anilines is 2. The van der Waals surface area contributed by atoms with E-state index in [1.807, 2.05) is 35.2 Å². The van der Waals surface area contributed by atoms with E-state index in [1.165, 1.54) is 5.57 Å². The molecule has 4 aliphatic rings. The third kappa shape index (κ3) is 5.63. The molecule has 1 aromatic carbocycles. The molecule has 1 aliphatic heterocycles. The summed E-state index contributed by atoms with van der Waals surface area (Å²) in [6.07, 6.45) is 8.68. The molecule has 2 aromatic rings. The van der Waals surface area contributed by atoms with E-state index < -0.39 is 10.8 Å². The average molecular weight is 544 g/mol. The molecular weight excluding hydrogens is 506 g/mol. The standard InChI is InChI=1S/C29H37N9O2/c30-26(31)35-18-19-1-6-23(34-17-19)37-25(40)29-12-9-28(10-13-29,11-14-29)24(39)36-22-4-2-20(3-5-22)21-7-15-38(16-8-21)27(32)33/h1-7,17H,8-16,18H2,(H3,32,33)(H,36,39)(H4,30,31,35)(H,34,37,40). The summed E-state index contributed by atoms with van der Waals surface area (Å²) >= 11 is 0. The molecule has 0 spiro atoms. The van der Waals surface area contributed by atoms with Crippen molar-refractivity contribution in [3.63, 3.8) is 0 Å². The molecule has 2 amide bonds. The molecule has 210 valence electrons. The number of pyridine rings is 1. The van der Waals surface area contributed by atoms with Crippen LogP contribution in [0.5, 0.6) is 0 Å². The fourth-order valence-electron chi connectivity index (χ4n) is 6.07. The van der Waals surface area contributed by atoms with Gasteiger partial charge in [-0.15, -0.1) is 0 Å². The first kappa shape index (κ1) is 27.2. The number of amides is 2. The van der Waals surface area contributed by atoms with Crippen LogP contribution in [0.25, 0.3) is 5.57 Å². The maximum atomic E-state index is 13.4. The van der Waals surface area contributed by atoms with E-state index in [4.69, 9.17) is 22.6 Å². The minimum absolute atomic E-state index is 0.0189. The molecule has 2 bridgehead atoms. The average Bonchev–Trinajstić information content (AvgIpc) is 2.98. The Labute approximate surface area is 233 Å². The number of carbonyl (C=O) groups excluding carboxylic acids is 2. The largest absolute Gasteiger partial charge is 0.370 e. The monoisotopic (exact) mass is 543 g/mol. The summed E-state index contributed by atoms with van der Waals surface area (Å²) in [5.41, 5.74) is 19.4.